The van der Waals surface area contributed by atoms with E-state index in [-0.39, 0.29) is 23.4 Å². The van der Waals surface area contributed by atoms with Gasteiger partial charge in [-0.25, -0.2) is 0 Å². The molecule has 2 rings (SSSR count). The number of carbonyl (C=O) groups is 2. The van der Waals surface area contributed by atoms with Gasteiger partial charge < -0.3 is 11.1 Å². The van der Waals surface area contributed by atoms with Gasteiger partial charge in [0.25, 0.3) is 5.91 Å². The molecule has 3 N–H and O–H groups in total. The number of thioether (sulfide) groups is 1. The number of rotatable bonds is 3. The Morgan fingerprint density at radius 2 is 2.32 bits per heavy atom. The third-order valence-corrected chi connectivity index (χ3v) is 3.81. The fourth-order valence-electron chi connectivity index (χ4n) is 1.67. The smallest absolute Gasteiger partial charge is 0.262 e. The molecule has 0 spiro atoms. The third kappa shape index (κ3) is 3.48. The number of nitrogens with one attached hydrogen (secondary N) is 1. The van der Waals surface area contributed by atoms with Crippen molar-refractivity contribution in [2.24, 2.45) is 10.7 Å². The van der Waals surface area contributed by atoms with Crippen molar-refractivity contribution < 1.29 is 9.59 Å². The first kappa shape index (κ1) is 13.9. The second-order valence-electron chi connectivity index (χ2n) is 4.11. The summed E-state index contributed by atoms with van der Waals surface area (Å²) in [4.78, 5) is 26.8. The first-order valence-electron chi connectivity index (χ1n) is 5.56. The second-order valence-corrected chi connectivity index (χ2v) is 5.77. The molecule has 7 heteroatoms. The topological polar surface area (TPSA) is 84.6 Å². The van der Waals surface area contributed by atoms with Crippen molar-refractivity contribution >= 4 is 46.0 Å². The van der Waals surface area contributed by atoms with E-state index in [0.29, 0.717) is 10.7 Å². The van der Waals surface area contributed by atoms with Crippen LogP contribution in [0.5, 0.6) is 0 Å². The number of hydrogen-bond donors (Lipinski definition) is 2. The highest BCUT2D eigenvalue weighted by Gasteiger charge is 2.29. The van der Waals surface area contributed by atoms with E-state index in [1.807, 2.05) is 6.92 Å². The first-order chi connectivity index (χ1) is 8.95. The van der Waals surface area contributed by atoms with Gasteiger partial charge in [-0.1, -0.05) is 23.4 Å². The van der Waals surface area contributed by atoms with Crippen LogP contribution in [0.4, 0.5) is 5.69 Å². The van der Waals surface area contributed by atoms with E-state index >= 15 is 0 Å². The summed E-state index contributed by atoms with van der Waals surface area (Å²) in [7, 11) is 0. The zero-order chi connectivity index (χ0) is 14.0. The molecule has 0 saturated carbocycles. The van der Waals surface area contributed by atoms with Gasteiger partial charge in [0, 0.05) is 17.1 Å². The summed E-state index contributed by atoms with van der Waals surface area (Å²) < 4.78 is 0. The van der Waals surface area contributed by atoms with Crippen LogP contribution in [0.15, 0.2) is 23.2 Å². The summed E-state index contributed by atoms with van der Waals surface area (Å²) in [6, 6.07) is 5.18. The minimum atomic E-state index is -0.521. The summed E-state index contributed by atoms with van der Waals surface area (Å²) in [5, 5.41) is 3.05. The normalized spacial score (nSPS) is 18.3. The van der Waals surface area contributed by atoms with E-state index in [4.69, 9.17) is 17.3 Å². The van der Waals surface area contributed by atoms with Crippen LogP contribution in [0.25, 0.3) is 0 Å². The quantitative estimate of drug-likeness (QED) is 0.893. The third-order valence-electron chi connectivity index (χ3n) is 2.59. The molecule has 100 valence electrons. The summed E-state index contributed by atoms with van der Waals surface area (Å²) >= 11 is 6.95. The van der Waals surface area contributed by atoms with Crippen LogP contribution in [-0.4, -0.2) is 22.2 Å². The molecular formula is C12H12ClN3O2S. The average molecular weight is 298 g/mol. The van der Waals surface area contributed by atoms with Gasteiger partial charge in [0.2, 0.25) is 5.91 Å². The standard InChI is InChI=1S/C12H12ClN3O2S/c1-6-4-7(13)2-3-8(6)15-10(17)5-9-11(18)16-12(14)19-9/h2-4,9H,5H2,1H3,(H,15,17)(H2,14,16,18). The van der Waals surface area contributed by atoms with E-state index in [1.165, 1.54) is 0 Å². The number of amidine groups is 1. The Morgan fingerprint density at radius 3 is 2.89 bits per heavy atom. The molecule has 0 bridgehead atoms. The number of aliphatic imine (C=N–C) groups is 1. The molecule has 0 fully saturated rings. The molecule has 0 radical (unpaired) electrons. The maximum atomic E-state index is 11.9. The van der Waals surface area contributed by atoms with Crippen LogP contribution in [0, 0.1) is 6.92 Å². The zero-order valence-electron chi connectivity index (χ0n) is 10.1. The average Bonchev–Trinajstić information content (AvgIpc) is 2.61. The summed E-state index contributed by atoms with van der Waals surface area (Å²) in [5.41, 5.74) is 6.97. The number of halogens is 1. The van der Waals surface area contributed by atoms with Gasteiger partial charge in [0.1, 0.15) is 5.25 Å². The van der Waals surface area contributed by atoms with Gasteiger partial charge >= 0.3 is 0 Å². The van der Waals surface area contributed by atoms with Crippen molar-refractivity contribution in [2.45, 2.75) is 18.6 Å². The van der Waals surface area contributed by atoms with Crippen molar-refractivity contribution in [1.29, 1.82) is 0 Å². The van der Waals surface area contributed by atoms with E-state index in [9.17, 15) is 9.59 Å². The molecule has 1 aliphatic heterocycles. The maximum Gasteiger partial charge on any atom is 0.262 e. The summed E-state index contributed by atoms with van der Waals surface area (Å²) in [5.74, 6) is -0.605. The number of nitrogens with two attached hydrogens (primary N) is 1. The highest BCUT2D eigenvalue weighted by molar-refractivity contribution is 8.15. The van der Waals surface area contributed by atoms with E-state index in [1.54, 1.807) is 18.2 Å². The molecular weight excluding hydrogens is 286 g/mol. The summed E-state index contributed by atoms with van der Waals surface area (Å²) in [6.07, 6.45) is 0.0514. The highest BCUT2D eigenvalue weighted by atomic mass is 35.5. The Kier molecular flexibility index (Phi) is 4.11. The molecule has 1 unspecified atom stereocenters. The number of carbonyl (C=O) groups excluding carboxylic acids is 2. The monoisotopic (exact) mass is 297 g/mol. The van der Waals surface area contributed by atoms with Crippen molar-refractivity contribution in [2.75, 3.05) is 5.32 Å². The molecule has 1 aromatic carbocycles. The maximum absolute atomic E-state index is 11.9. The van der Waals surface area contributed by atoms with Gasteiger partial charge in [-0.15, -0.1) is 0 Å². The number of benzene rings is 1. The molecule has 0 aromatic heterocycles. The van der Waals surface area contributed by atoms with Gasteiger partial charge in [0.15, 0.2) is 5.17 Å². The molecule has 1 aliphatic rings. The predicted molar refractivity (Wildman–Crippen MR) is 77.4 cm³/mol. The fourth-order valence-corrected chi connectivity index (χ4v) is 2.72. The van der Waals surface area contributed by atoms with Crippen LogP contribution in [-0.2, 0) is 9.59 Å². The van der Waals surface area contributed by atoms with Gasteiger partial charge in [-0.2, -0.15) is 4.99 Å². The van der Waals surface area contributed by atoms with Gasteiger partial charge in [-0.05, 0) is 30.7 Å². The Morgan fingerprint density at radius 1 is 1.58 bits per heavy atom. The van der Waals surface area contributed by atoms with Gasteiger partial charge in [-0.3, -0.25) is 9.59 Å². The van der Waals surface area contributed by atoms with Crippen molar-refractivity contribution in [3.05, 3.63) is 28.8 Å². The minimum absolute atomic E-state index is 0.0514. The number of nitrogens with zero attached hydrogens (tertiary/aromatic N) is 1. The van der Waals surface area contributed by atoms with E-state index in [0.717, 1.165) is 17.3 Å². The molecule has 1 aromatic rings. The number of hydrogen-bond acceptors (Lipinski definition) is 4. The van der Waals surface area contributed by atoms with Gasteiger partial charge in [0.05, 0.1) is 0 Å². The molecule has 0 saturated heterocycles. The summed E-state index contributed by atoms with van der Waals surface area (Å²) in [6.45, 7) is 1.85. The van der Waals surface area contributed by atoms with Crippen LogP contribution < -0.4 is 11.1 Å². The zero-order valence-corrected chi connectivity index (χ0v) is 11.7. The van der Waals surface area contributed by atoms with Crippen LogP contribution in [0.2, 0.25) is 5.02 Å². The minimum Gasteiger partial charge on any atom is -0.378 e. The predicted octanol–water partition coefficient (Wildman–Crippen LogP) is 1.93. The molecule has 1 heterocycles. The largest absolute Gasteiger partial charge is 0.378 e. The number of anilines is 1. The molecule has 5 nitrogen and oxygen atoms in total. The molecule has 0 aliphatic carbocycles. The second kappa shape index (κ2) is 5.63. The van der Waals surface area contributed by atoms with Crippen LogP contribution in [0.3, 0.4) is 0 Å². The van der Waals surface area contributed by atoms with Crippen molar-refractivity contribution in [1.82, 2.24) is 0 Å². The van der Waals surface area contributed by atoms with Crippen LogP contribution >= 0.6 is 23.4 Å². The Bertz CT molecular complexity index is 574. The SMILES string of the molecule is Cc1cc(Cl)ccc1NC(=O)CC1SC(N)=NC1=O. The molecule has 19 heavy (non-hydrogen) atoms. The number of aryl methyl sites for hydroxylation is 1. The van der Waals surface area contributed by atoms with Crippen molar-refractivity contribution in [3.63, 3.8) is 0 Å². The molecule has 2 amide bonds. The molecule has 1 atom stereocenters. The Labute approximate surface area is 119 Å². The van der Waals surface area contributed by atoms with Crippen LogP contribution in [0.1, 0.15) is 12.0 Å². The lowest BCUT2D eigenvalue weighted by molar-refractivity contribution is -0.121. The Hall–Kier alpha value is -1.53. The fraction of sp³-hybridized carbons (Fsp3) is 0.250. The van der Waals surface area contributed by atoms with E-state index < -0.39 is 5.25 Å². The van der Waals surface area contributed by atoms with E-state index in [2.05, 4.69) is 10.3 Å². The lowest BCUT2D eigenvalue weighted by Gasteiger charge is -2.10. The first-order valence-corrected chi connectivity index (χ1v) is 6.82. The Balaban J connectivity index is 1.97. The lowest BCUT2D eigenvalue weighted by Crippen LogP contribution is -2.22. The lowest BCUT2D eigenvalue weighted by atomic mass is 10.2. The number of amides is 2. The van der Waals surface area contributed by atoms with Crippen molar-refractivity contribution in [3.8, 4) is 0 Å². The highest BCUT2D eigenvalue weighted by Crippen LogP contribution is 2.24.